The average molecular weight is 479 g/mol. The third kappa shape index (κ3) is 6.12. The van der Waals surface area contributed by atoms with Crippen LogP contribution in [-0.2, 0) is 16.0 Å². The highest BCUT2D eigenvalue weighted by atomic mass is 16.5. The van der Waals surface area contributed by atoms with Crippen molar-refractivity contribution in [2.24, 2.45) is 5.92 Å². The third-order valence-electron chi connectivity index (χ3n) is 6.27. The van der Waals surface area contributed by atoms with E-state index in [0.29, 0.717) is 24.6 Å². The molecule has 2 aromatic rings. The van der Waals surface area contributed by atoms with Crippen molar-refractivity contribution in [1.82, 2.24) is 9.80 Å². The molecular weight excluding hydrogens is 440 g/mol. The van der Waals surface area contributed by atoms with E-state index >= 15 is 0 Å². The first kappa shape index (κ1) is 26.5. The number of aliphatic hydroxyl groups is 1. The molecular formula is C29H38N2O4. The summed E-state index contributed by atoms with van der Waals surface area (Å²) in [7, 11) is 3.96. The Kier molecular flexibility index (Phi) is 8.73. The summed E-state index contributed by atoms with van der Waals surface area (Å²) in [5.74, 6) is -0.226. The van der Waals surface area contributed by atoms with Crippen LogP contribution in [0.5, 0.6) is 5.75 Å². The Morgan fingerprint density at radius 3 is 2.37 bits per heavy atom. The number of nitrogens with zero attached hydrogens (tertiary/aromatic N) is 2. The van der Waals surface area contributed by atoms with Gasteiger partial charge in [-0.3, -0.25) is 9.59 Å². The molecule has 1 aliphatic heterocycles. The molecule has 1 N–H and O–H groups in total. The van der Waals surface area contributed by atoms with E-state index in [9.17, 15) is 14.7 Å². The number of benzene rings is 2. The summed E-state index contributed by atoms with van der Waals surface area (Å²) in [5.41, 5.74) is 3.49. The van der Waals surface area contributed by atoms with E-state index in [-0.39, 0.29) is 11.3 Å². The van der Waals surface area contributed by atoms with Gasteiger partial charge in [0.05, 0.1) is 18.2 Å². The molecule has 1 aliphatic rings. The fourth-order valence-corrected chi connectivity index (χ4v) is 4.32. The molecule has 1 amide bonds. The van der Waals surface area contributed by atoms with Crippen LogP contribution in [0.3, 0.4) is 0 Å². The number of carbonyl (C=O) groups is 2. The van der Waals surface area contributed by atoms with E-state index in [1.165, 1.54) is 5.56 Å². The van der Waals surface area contributed by atoms with Crippen LogP contribution >= 0.6 is 0 Å². The maximum Gasteiger partial charge on any atom is 0.295 e. The predicted molar refractivity (Wildman–Crippen MR) is 140 cm³/mol. The van der Waals surface area contributed by atoms with Crippen LogP contribution in [0.1, 0.15) is 55.5 Å². The van der Waals surface area contributed by atoms with Crippen LogP contribution in [0.2, 0.25) is 0 Å². The predicted octanol–water partition coefficient (Wildman–Crippen LogP) is 4.97. The van der Waals surface area contributed by atoms with Crippen molar-refractivity contribution < 1.29 is 19.4 Å². The second kappa shape index (κ2) is 11.5. The Morgan fingerprint density at radius 1 is 1.11 bits per heavy atom. The van der Waals surface area contributed by atoms with Gasteiger partial charge < -0.3 is 19.6 Å². The van der Waals surface area contributed by atoms with Crippen LogP contribution in [-0.4, -0.2) is 60.4 Å². The number of aliphatic hydroxyl groups excluding tert-OH is 1. The lowest BCUT2D eigenvalue weighted by Gasteiger charge is -2.26. The van der Waals surface area contributed by atoms with E-state index in [1.807, 2.05) is 62.3 Å². The molecule has 0 spiro atoms. The molecule has 1 saturated heterocycles. The number of aryl methyl sites for hydroxylation is 2. The maximum absolute atomic E-state index is 13.2. The zero-order valence-corrected chi connectivity index (χ0v) is 21.8. The smallest absolute Gasteiger partial charge is 0.295 e. The van der Waals surface area contributed by atoms with Crippen molar-refractivity contribution in [3.8, 4) is 5.75 Å². The van der Waals surface area contributed by atoms with Crippen LogP contribution < -0.4 is 4.74 Å². The third-order valence-corrected chi connectivity index (χ3v) is 6.27. The highest BCUT2D eigenvalue weighted by Gasteiger charge is 2.45. The summed E-state index contributed by atoms with van der Waals surface area (Å²) in [5, 5.41) is 11.3. The van der Waals surface area contributed by atoms with Gasteiger partial charge in [-0.25, -0.2) is 0 Å². The minimum atomic E-state index is -0.644. The number of rotatable bonds is 10. The van der Waals surface area contributed by atoms with Gasteiger partial charge >= 0.3 is 0 Å². The zero-order chi connectivity index (χ0) is 25.7. The van der Waals surface area contributed by atoms with Gasteiger partial charge in [-0.15, -0.1) is 0 Å². The topological polar surface area (TPSA) is 70.1 Å². The number of carbonyl (C=O) groups excluding carboxylic acids is 2. The number of hydrogen-bond donors (Lipinski definition) is 1. The number of likely N-dealkylation sites (tertiary alicyclic amines) is 1. The lowest BCUT2D eigenvalue weighted by molar-refractivity contribution is -0.139. The molecule has 0 aliphatic carbocycles. The Bertz CT molecular complexity index is 1090. The second-order valence-electron chi connectivity index (χ2n) is 9.93. The number of ether oxygens (including phenoxy) is 1. The van der Waals surface area contributed by atoms with Crippen LogP contribution in [0.4, 0.5) is 0 Å². The quantitative estimate of drug-likeness (QED) is 0.297. The largest absolute Gasteiger partial charge is 0.507 e. The van der Waals surface area contributed by atoms with E-state index in [4.69, 9.17) is 4.74 Å². The molecule has 0 bridgehead atoms. The van der Waals surface area contributed by atoms with Gasteiger partial charge in [-0.2, -0.15) is 0 Å². The van der Waals surface area contributed by atoms with Gasteiger partial charge in [0.25, 0.3) is 11.7 Å². The molecule has 6 nitrogen and oxygen atoms in total. The molecule has 1 atom stereocenters. The highest BCUT2D eigenvalue weighted by Crippen LogP contribution is 2.40. The standard InChI is InChI=1S/C29H38N2O4/c1-7-21-9-11-22(12-10-21)26-25(28(33)29(34)31(26)16-8-15-30(5)6)27(32)23-13-14-24(20(4)17-23)35-18-19(2)3/h9-14,17,19,26,32H,7-8,15-16,18H2,1-6H3/t26-/m0/s1. The van der Waals surface area contributed by atoms with Crippen LogP contribution in [0.15, 0.2) is 48.0 Å². The van der Waals surface area contributed by atoms with Gasteiger partial charge in [-0.1, -0.05) is 45.0 Å². The summed E-state index contributed by atoms with van der Waals surface area (Å²) in [6.45, 7) is 9.98. The summed E-state index contributed by atoms with van der Waals surface area (Å²) < 4.78 is 5.86. The van der Waals surface area contributed by atoms with Crippen molar-refractivity contribution in [1.29, 1.82) is 0 Å². The van der Waals surface area contributed by atoms with E-state index in [2.05, 4.69) is 20.8 Å². The van der Waals surface area contributed by atoms with E-state index in [0.717, 1.165) is 36.3 Å². The minimum absolute atomic E-state index is 0.138. The van der Waals surface area contributed by atoms with E-state index < -0.39 is 17.7 Å². The lowest BCUT2D eigenvalue weighted by atomic mass is 9.94. The van der Waals surface area contributed by atoms with Crippen LogP contribution in [0, 0.1) is 12.8 Å². The molecule has 0 saturated carbocycles. The molecule has 0 aromatic heterocycles. The first-order valence-corrected chi connectivity index (χ1v) is 12.4. The SMILES string of the molecule is CCc1ccc([C@H]2C(=C(O)c3ccc(OCC(C)C)c(C)c3)C(=O)C(=O)N2CCCN(C)C)cc1. The zero-order valence-electron chi connectivity index (χ0n) is 21.8. The molecule has 2 aromatic carbocycles. The maximum atomic E-state index is 13.2. The number of hydrogen-bond acceptors (Lipinski definition) is 5. The Morgan fingerprint density at radius 2 is 1.80 bits per heavy atom. The first-order chi connectivity index (χ1) is 16.6. The normalized spacial score (nSPS) is 17.6. The summed E-state index contributed by atoms with van der Waals surface area (Å²) >= 11 is 0. The van der Waals surface area contributed by atoms with Gasteiger partial charge in [0.2, 0.25) is 0 Å². The summed E-state index contributed by atoms with van der Waals surface area (Å²) in [6, 6.07) is 12.7. The highest BCUT2D eigenvalue weighted by molar-refractivity contribution is 6.46. The molecule has 1 fully saturated rings. The van der Waals surface area contributed by atoms with Gasteiger partial charge in [-0.05, 0) is 81.2 Å². The molecule has 6 heteroatoms. The molecule has 0 radical (unpaired) electrons. The Balaban J connectivity index is 2.04. The van der Waals surface area contributed by atoms with Gasteiger partial charge in [0.15, 0.2) is 0 Å². The summed E-state index contributed by atoms with van der Waals surface area (Å²) in [6.07, 6.45) is 1.62. The molecule has 3 rings (SSSR count). The minimum Gasteiger partial charge on any atom is -0.507 e. The number of ketones is 1. The van der Waals surface area contributed by atoms with E-state index in [1.54, 1.807) is 11.0 Å². The molecule has 0 unspecified atom stereocenters. The Hall–Kier alpha value is -3.12. The van der Waals surface area contributed by atoms with Gasteiger partial charge in [0.1, 0.15) is 11.5 Å². The van der Waals surface area contributed by atoms with Crippen LogP contribution in [0.25, 0.3) is 5.76 Å². The first-order valence-electron chi connectivity index (χ1n) is 12.4. The monoisotopic (exact) mass is 478 g/mol. The molecule has 1 heterocycles. The summed E-state index contributed by atoms with van der Waals surface area (Å²) in [4.78, 5) is 30.0. The van der Waals surface area contributed by atoms with Gasteiger partial charge in [0, 0.05) is 12.1 Å². The fourth-order valence-electron chi connectivity index (χ4n) is 4.32. The van der Waals surface area contributed by atoms with Crippen molar-refractivity contribution in [3.63, 3.8) is 0 Å². The van der Waals surface area contributed by atoms with Crippen molar-refractivity contribution >= 4 is 17.4 Å². The second-order valence-corrected chi connectivity index (χ2v) is 9.93. The fraction of sp³-hybridized carbons (Fsp3) is 0.448. The van der Waals surface area contributed by atoms with Crippen molar-refractivity contribution in [2.45, 2.75) is 46.6 Å². The Labute approximate surface area is 209 Å². The average Bonchev–Trinajstić information content (AvgIpc) is 3.07. The molecule has 35 heavy (non-hydrogen) atoms. The van der Waals surface area contributed by atoms with Crippen molar-refractivity contribution in [3.05, 3.63) is 70.3 Å². The number of Topliss-reactive ketones (excluding diaryl/α,β-unsaturated/α-hetero) is 1. The number of amides is 1. The van der Waals surface area contributed by atoms with Crippen molar-refractivity contribution in [2.75, 3.05) is 33.8 Å². The lowest BCUT2D eigenvalue weighted by Crippen LogP contribution is -2.32. The molecule has 188 valence electrons.